The molecule has 7 heteroatoms. The van der Waals surface area contributed by atoms with Crippen molar-refractivity contribution in [3.8, 4) is 0 Å². The zero-order valence-corrected chi connectivity index (χ0v) is 14.9. The second-order valence-electron chi connectivity index (χ2n) is 7.16. The summed E-state index contributed by atoms with van der Waals surface area (Å²) in [5, 5.41) is 7.52. The highest BCUT2D eigenvalue weighted by Gasteiger charge is 2.28. The summed E-state index contributed by atoms with van der Waals surface area (Å²) in [6.07, 6.45) is 6.39. The lowest BCUT2D eigenvalue weighted by Gasteiger charge is -2.31. The molecule has 1 aliphatic heterocycles. The highest BCUT2D eigenvalue weighted by molar-refractivity contribution is 7.71. The molecule has 23 heavy (non-hydrogen) atoms. The van der Waals surface area contributed by atoms with Gasteiger partial charge in [-0.25, -0.2) is 4.68 Å². The summed E-state index contributed by atoms with van der Waals surface area (Å²) >= 11 is 5.49. The van der Waals surface area contributed by atoms with E-state index in [1.165, 1.54) is 12.8 Å². The molecular weight excluding hydrogens is 310 g/mol. The Morgan fingerprint density at radius 1 is 1.43 bits per heavy atom. The summed E-state index contributed by atoms with van der Waals surface area (Å²) in [6.45, 7) is 7.53. The van der Waals surface area contributed by atoms with Gasteiger partial charge in [0.05, 0.1) is 12.6 Å². The van der Waals surface area contributed by atoms with E-state index in [1.54, 1.807) is 6.33 Å². The molecule has 128 valence electrons. The normalized spacial score (nSPS) is 22.5. The van der Waals surface area contributed by atoms with Crippen molar-refractivity contribution in [3.05, 3.63) is 11.1 Å². The monoisotopic (exact) mass is 337 g/mol. The fraction of sp³-hybridized carbons (Fsp3) is 0.812. The van der Waals surface area contributed by atoms with Gasteiger partial charge < -0.3 is 9.88 Å². The van der Waals surface area contributed by atoms with Gasteiger partial charge in [-0.05, 0) is 64.2 Å². The van der Waals surface area contributed by atoms with Crippen molar-refractivity contribution in [1.29, 1.82) is 0 Å². The van der Waals surface area contributed by atoms with E-state index in [4.69, 9.17) is 12.2 Å². The van der Waals surface area contributed by atoms with Crippen LogP contribution in [-0.4, -0.2) is 44.8 Å². The van der Waals surface area contributed by atoms with Crippen molar-refractivity contribution in [2.24, 2.45) is 11.8 Å². The minimum atomic E-state index is 0.101. The van der Waals surface area contributed by atoms with Gasteiger partial charge in [0.2, 0.25) is 5.91 Å². The molecule has 1 amide bonds. The van der Waals surface area contributed by atoms with Crippen LogP contribution in [0.15, 0.2) is 6.33 Å². The third-order valence-electron chi connectivity index (χ3n) is 4.79. The number of hydrogen-bond acceptors (Lipinski definition) is 4. The average Bonchev–Trinajstić information content (AvgIpc) is 3.29. The number of aromatic nitrogens is 3. The molecule has 1 saturated heterocycles. The summed E-state index contributed by atoms with van der Waals surface area (Å²) in [7, 11) is 0. The van der Waals surface area contributed by atoms with Crippen LogP contribution >= 0.6 is 12.2 Å². The lowest BCUT2D eigenvalue weighted by Crippen LogP contribution is -2.44. The van der Waals surface area contributed by atoms with E-state index in [0.717, 1.165) is 43.2 Å². The molecule has 1 aliphatic carbocycles. The lowest BCUT2D eigenvalue weighted by atomic mass is 9.97. The second kappa shape index (κ2) is 7.13. The fourth-order valence-corrected chi connectivity index (χ4v) is 3.46. The molecule has 1 atom stereocenters. The van der Waals surface area contributed by atoms with E-state index in [1.807, 2.05) is 9.25 Å². The summed E-state index contributed by atoms with van der Waals surface area (Å²) in [6, 6.07) is 0.318. The number of nitrogens with one attached hydrogen (secondary N) is 1. The zero-order valence-electron chi connectivity index (χ0n) is 14.1. The number of carbonyl (C=O) groups is 1. The van der Waals surface area contributed by atoms with Crippen molar-refractivity contribution in [2.75, 3.05) is 19.6 Å². The summed E-state index contributed by atoms with van der Waals surface area (Å²) in [4.78, 5) is 14.6. The van der Waals surface area contributed by atoms with Crippen molar-refractivity contribution in [1.82, 2.24) is 24.6 Å². The van der Waals surface area contributed by atoms with Gasteiger partial charge in [-0.15, -0.1) is 0 Å². The van der Waals surface area contributed by atoms with Crippen molar-refractivity contribution in [3.63, 3.8) is 0 Å². The molecule has 1 unspecified atom stereocenters. The van der Waals surface area contributed by atoms with Crippen molar-refractivity contribution >= 4 is 18.1 Å². The number of piperidine rings is 1. The van der Waals surface area contributed by atoms with Gasteiger partial charge in [0.25, 0.3) is 0 Å². The van der Waals surface area contributed by atoms with Gasteiger partial charge in [-0.1, -0.05) is 0 Å². The molecule has 0 bridgehead atoms. The highest BCUT2D eigenvalue weighted by Crippen LogP contribution is 2.28. The number of carbonyl (C=O) groups excluding carboxylic acids is 1. The van der Waals surface area contributed by atoms with E-state index in [9.17, 15) is 4.79 Å². The Kier molecular flexibility index (Phi) is 5.16. The third-order valence-corrected chi connectivity index (χ3v) is 5.21. The van der Waals surface area contributed by atoms with E-state index < -0.39 is 0 Å². The quantitative estimate of drug-likeness (QED) is 0.809. The van der Waals surface area contributed by atoms with Crippen LogP contribution < -0.4 is 5.32 Å². The van der Waals surface area contributed by atoms with Gasteiger partial charge >= 0.3 is 0 Å². The van der Waals surface area contributed by atoms with Crippen LogP contribution in [0.25, 0.3) is 0 Å². The van der Waals surface area contributed by atoms with Gasteiger partial charge in [0.15, 0.2) is 4.77 Å². The second-order valence-corrected chi connectivity index (χ2v) is 7.53. The minimum Gasteiger partial charge on any atom is -0.356 e. The molecule has 0 radical (unpaired) electrons. The summed E-state index contributed by atoms with van der Waals surface area (Å²) < 4.78 is 4.61. The van der Waals surface area contributed by atoms with E-state index >= 15 is 0 Å². The van der Waals surface area contributed by atoms with Crippen molar-refractivity contribution in [2.45, 2.75) is 52.2 Å². The summed E-state index contributed by atoms with van der Waals surface area (Å²) in [5.74, 6) is 1.05. The predicted octanol–water partition coefficient (Wildman–Crippen LogP) is 2.19. The first-order chi connectivity index (χ1) is 11.0. The topological polar surface area (TPSA) is 55.1 Å². The number of nitrogens with zero attached hydrogens (tertiary/aromatic N) is 4. The average molecular weight is 337 g/mol. The van der Waals surface area contributed by atoms with Gasteiger partial charge in [0.1, 0.15) is 6.33 Å². The van der Waals surface area contributed by atoms with Crippen molar-refractivity contribution < 1.29 is 4.79 Å². The maximum Gasteiger partial charge on any atom is 0.224 e. The van der Waals surface area contributed by atoms with E-state index in [-0.39, 0.29) is 11.8 Å². The number of rotatable bonds is 6. The first kappa shape index (κ1) is 16.6. The smallest absolute Gasteiger partial charge is 0.224 e. The molecule has 0 aromatic carbocycles. The molecule has 0 spiro atoms. The molecule has 1 saturated carbocycles. The molecule has 2 heterocycles. The van der Waals surface area contributed by atoms with Crippen LogP contribution in [0, 0.1) is 16.6 Å². The SMILES string of the molecule is CC(C)n1cnn(CN2CCCC(C(=O)NCC3CC3)C2)c1=S. The molecule has 2 fully saturated rings. The van der Waals surface area contributed by atoms with Gasteiger partial charge in [0, 0.05) is 19.1 Å². The number of amides is 1. The van der Waals surface area contributed by atoms with Crippen LogP contribution in [0.5, 0.6) is 0 Å². The van der Waals surface area contributed by atoms with Crippen LogP contribution in [0.2, 0.25) is 0 Å². The molecule has 1 aromatic heterocycles. The van der Waals surface area contributed by atoms with Crippen LogP contribution in [0.3, 0.4) is 0 Å². The molecule has 1 aromatic rings. The first-order valence-electron chi connectivity index (χ1n) is 8.68. The lowest BCUT2D eigenvalue weighted by molar-refractivity contribution is -0.127. The maximum atomic E-state index is 12.3. The zero-order chi connectivity index (χ0) is 16.4. The molecule has 2 aliphatic rings. The Hall–Kier alpha value is -1.21. The van der Waals surface area contributed by atoms with Crippen LogP contribution in [0.4, 0.5) is 0 Å². The van der Waals surface area contributed by atoms with Crippen LogP contribution in [-0.2, 0) is 11.5 Å². The van der Waals surface area contributed by atoms with Gasteiger partial charge in [-0.3, -0.25) is 9.69 Å². The summed E-state index contributed by atoms with van der Waals surface area (Å²) in [5.41, 5.74) is 0. The Morgan fingerprint density at radius 2 is 2.22 bits per heavy atom. The Bertz CT molecular complexity index is 604. The van der Waals surface area contributed by atoms with Gasteiger partial charge in [-0.2, -0.15) is 5.10 Å². The Labute approximate surface area is 142 Å². The molecule has 3 rings (SSSR count). The molecule has 6 nitrogen and oxygen atoms in total. The number of hydrogen-bond donors (Lipinski definition) is 1. The predicted molar refractivity (Wildman–Crippen MR) is 91.5 cm³/mol. The third kappa shape index (κ3) is 4.20. The van der Waals surface area contributed by atoms with E-state index in [2.05, 4.69) is 29.2 Å². The standard InChI is InChI=1S/C16H27N5OS/c1-12(2)20-10-18-21(16(20)23)11-19-7-3-4-14(9-19)15(22)17-8-13-5-6-13/h10,12-14H,3-9,11H2,1-2H3,(H,17,22). The maximum absolute atomic E-state index is 12.3. The first-order valence-corrected chi connectivity index (χ1v) is 9.09. The Morgan fingerprint density at radius 3 is 2.87 bits per heavy atom. The van der Waals surface area contributed by atoms with E-state index in [0.29, 0.717) is 12.7 Å². The highest BCUT2D eigenvalue weighted by atomic mass is 32.1. The largest absolute Gasteiger partial charge is 0.356 e. The van der Waals surface area contributed by atoms with Crippen LogP contribution in [0.1, 0.15) is 45.6 Å². The fourth-order valence-electron chi connectivity index (χ4n) is 3.10. The molecule has 1 N–H and O–H groups in total. The minimum absolute atomic E-state index is 0.101. The Balaban J connectivity index is 1.55. The number of likely N-dealkylation sites (tertiary alicyclic amines) is 1. The molecular formula is C16H27N5OS.